The fourth-order valence-electron chi connectivity index (χ4n) is 4.92. The second kappa shape index (κ2) is 8.72. The zero-order valence-electron chi connectivity index (χ0n) is 16.3. The Kier molecular flexibility index (Phi) is 6.11. The Morgan fingerprint density at radius 1 is 1.15 bits per heavy atom. The zero-order valence-corrected chi connectivity index (χ0v) is 16.3. The number of nitrogens with zero attached hydrogens (tertiary/aromatic N) is 1. The largest absolute Gasteiger partial charge is 0.379 e. The summed E-state index contributed by atoms with van der Waals surface area (Å²) in [5, 5.41) is 6.89. The van der Waals surface area contributed by atoms with Crippen LogP contribution >= 0.6 is 0 Å². The number of amides is 1. The molecule has 4 rings (SSSR count). The molecule has 1 aromatic rings. The SMILES string of the molecule is O=C(NC1(CN2CCOCC2)CCCC1)c1ccc([C@H]2CCCNC2)cc1. The molecule has 27 heavy (non-hydrogen) atoms. The van der Waals surface area contributed by atoms with Crippen LogP contribution in [0.1, 0.15) is 60.4 Å². The van der Waals surface area contributed by atoms with Gasteiger partial charge >= 0.3 is 0 Å². The van der Waals surface area contributed by atoms with Gasteiger partial charge in [0, 0.05) is 31.7 Å². The highest BCUT2D eigenvalue weighted by Crippen LogP contribution is 2.31. The smallest absolute Gasteiger partial charge is 0.251 e. The first kappa shape index (κ1) is 18.9. The number of hydrogen-bond donors (Lipinski definition) is 2. The zero-order chi connectivity index (χ0) is 18.5. The Labute approximate surface area is 162 Å². The number of morpholine rings is 1. The minimum absolute atomic E-state index is 0.0691. The molecule has 1 atom stereocenters. The van der Waals surface area contributed by atoms with Gasteiger partial charge in [-0.25, -0.2) is 0 Å². The molecule has 2 heterocycles. The van der Waals surface area contributed by atoms with Gasteiger partial charge in [0.25, 0.3) is 5.91 Å². The molecule has 0 radical (unpaired) electrons. The van der Waals surface area contributed by atoms with Gasteiger partial charge in [-0.2, -0.15) is 0 Å². The number of hydrogen-bond acceptors (Lipinski definition) is 4. The molecule has 1 aliphatic carbocycles. The van der Waals surface area contributed by atoms with E-state index in [1.54, 1.807) is 0 Å². The van der Waals surface area contributed by atoms with Crippen LogP contribution in [0.15, 0.2) is 24.3 Å². The van der Waals surface area contributed by atoms with Gasteiger partial charge < -0.3 is 15.4 Å². The highest BCUT2D eigenvalue weighted by atomic mass is 16.5. The van der Waals surface area contributed by atoms with E-state index in [0.717, 1.165) is 64.3 Å². The molecule has 3 fully saturated rings. The van der Waals surface area contributed by atoms with Gasteiger partial charge in [-0.05, 0) is 55.8 Å². The van der Waals surface area contributed by atoms with Crippen molar-refractivity contribution in [3.05, 3.63) is 35.4 Å². The van der Waals surface area contributed by atoms with Crippen molar-refractivity contribution in [2.45, 2.75) is 50.0 Å². The minimum Gasteiger partial charge on any atom is -0.379 e. The molecule has 148 valence electrons. The van der Waals surface area contributed by atoms with Crippen molar-refractivity contribution < 1.29 is 9.53 Å². The maximum atomic E-state index is 13.0. The molecule has 0 spiro atoms. The van der Waals surface area contributed by atoms with E-state index in [9.17, 15) is 4.79 Å². The van der Waals surface area contributed by atoms with Crippen molar-refractivity contribution in [1.82, 2.24) is 15.5 Å². The second-order valence-corrected chi connectivity index (χ2v) is 8.50. The van der Waals surface area contributed by atoms with Gasteiger partial charge in [0.15, 0.2) is 0 Å². The lowest BCUT2D eigenvalue weighted by atomic mass is 9.91. The van der Waals surface area contributed by atoms with Gasteiger partial charge in [-0.1, -0.05) is 25.0 Å². The molecule has 0 unspecified atom stereocenters. The Bertz CT molecular complexity index is 613. The third-order valence-electron chi connectivity index (χ3n) is 6.51. The van der Waals surface area contributed by atoms with Crippen LogP contribution in [0.2, 0.25) is 0 Å². The van der Waals surface area contributed by atoms with E-state index in [1.807, 2.05) is 12.1 Å². The van der Waals surface area contributed by atoms with E-state index in [0.29, 0.717) is 5.92 Å². The highest BCUT2D eigenvalue weighted by Gasteiger charge is 2.37. The van der Waals surface area contributed by atoms with E-state index < -0.39 is 0 Å². The van der Waals surface area contributed by atoms with Gasteiger partial charge in [-0.15, -0.1) is 0 Å². The van der Waals surface area contributed by atoms with E-state index in [4.69, 9.17) is 4.74 Å². The summed E-state index contributed by atoms with van der Waals surface area (Å²) < 4.78 is 5.48. The van der Waals surface area contributed by atoms with Gasteiger partial charge in [0.2, 0.25) is 0 Å². The highest BCUT2D eigenvalue weighted by molar-refractivity contribution is 5.94. The molecule has 2 aliphatic heterocycles. The molecule has 3 aliphatic rings. The molecule has 0 aromatic heterocycles. The first-order valence-electron chi connectivity index (χ1n) is 10.7. The molecule has 1 aromatic carbocycles. The average Bonchev–Trinajstić information content (AvgIpc) is 3.17. The normalized spacial score (nSPS) is 26.0. The number of carbonyl (C=O) groups is 1. The van der Waals surface area contributed by atoms with Gasteiger partial charge in [0.1, 0.15) is 0 Å². The number of ether oxygens (including phenoxy) is 1. The van der Waals surface area contributed by atoms with Crippen molar-refractivity contribution in [3.8, 4) is 0 Å². The number of rotatable bonds is 5. The monoisotopic (exact) mass is 371 g/mol. The molecule has 1 saturated carbocycles. The van der Waals surface area contributed by atoms with Crippen LogP contribution in [0.25, 0.3) is 0 Å². The van der Waals surface area contributed by atoms with E-state index in [1.165, 1.54) is 31.2 Å². The van der Waals surface area contributed by atoms with Crippen LogP contribution in [-0.4, -0.2) is 62.3 Å². The molecular formula is C22H33N3O2. The number of carbonyl (C=O) groups excluding carboxylic acids is 1. The van der Waals surface area contributed by atoms with Crippen molar-refractivity contribution in [2.24, 2.45) is 0 Å². The summed E-state index contributed by atoms with van der Waals surface area (Å²) >= 11 is 0. The van der Waals surface area contributed by atoms with Crippen molar-refractivity contribution in [2.75, 3.05) is 45.9 Å². The lowest BCUT2D eigenvalue weighted by molar-refractivity contribution is 0.0238. The summed E-state index contributed by atoms with van der Waals surface area (Å²) in [6, 6.07) is 8.32. The van der Waals surface area contributed by atoms with Crippen LogP contribution in [0, 0.1) is 0 Å². The van der Waals surface area contributed by atoms with Crippen LogP contribution in [0.3, 0.4) is 0 Å². The fraction of sp³-hybridized carbons (Fsp3) is 0.682. The number of nitrogens with one attached hydrogen (secondary N) is 2. The summed E-state index contributed by atoms with van der Waals surface area (Å²) in [6.45, 7) is 6.69. The second-order valence-electron chi connectivity index (χ2n) is 8.50. The van der Waals surface area contributed by atoms with E-state index in [2.05, 4.69) is 27.7 Å². The molecule has 2 saturated heterocycles. The first-order valence-corrected chi connectivity index (χ1v) is 10.7. The minimum atomic E-state index is -0.0691. The Morgan fingerprint density at radius 2 is 1.89 bits per heavy atom. The summed E-state index contributed by atoms with van der Waals surface area (Å²) in [4.78, 5) is 15.4. The predicted octanol–water partition coefficient (Wildman–Crippen LogP) is 2.53. The van der Waals surface area contributed by atoms with Crippen LogP contribution in [0.4, 0.5) is 0 Å². The number of piperidine rings is 1. The topological polar surface area (TPSA) is 53.6 Å². The third kappa shape index (κ3) is 4.71. The lowest BCUT2D eigenvalue weighted by Crippen LogP contribution is -2.55. The molecule has 5 nitrogen and oxygen atoms in total. The number of benzene rings is 1. The van der Waals surface area contributed by atoms with Gasteiger partial charge in [0.05, 0.1) is 18.8 Å². The fourth-order valence-corrected chi connectivity index (χ4v) is 4.92. The summed E-state index contributed by atoms with van der Waals surface area (Å²) in [6.07, 6.45) is 7.05. The van der Waals surface area contributed by atoms with Gasteiger partial charge in [-0.3, -0.25) is 9.69 Å². The molecule has 1 amide bonds. The van der Waals surface area contributed by atoms with Crippen molar-refractivity contribution >= 4 is 5.91 Å². The summed E-state index contributed by atoms with van der Waals surface area (Å²) in [5.74, 6) is 0.664. The van der Waals surface area contributed by atoms with Crippen LogP contribution in [0.5, 0.6) is 0 Å². The standard InChI is InChI=1S/C22H33N3O2/c26-21(19-7-5-18(6-8-19)20-4-3-11-23-16-20)24-22(9-1-2-10-22)17-25-12-14-27-15-13-25/h5-8,20,23H,1-4,9-17H2,(H,24,26)/t20-/m0/s1. The van der Waals surface area contributed by atoms with Crippen molar-refractivity contribution in [1.29, 1.82) is 0 Å². The Hall–Kier alpha value is -1.43. The average molecular weight is 372 g/mol. The molecule has 0 bridgehead atoms. The van der Waals surface area contributed by atoms with Crippen LogP contribution < -0.4 is 10.6 Å². The third-order valence-corrected chi connectivity index (χ3v) is 6.51. The predicted molar refractivity (Wildman–Crippen MR) is 107 cm³/mol. The first-order chi connectivity index (χ1) is 13.2. The maximum Gasteiger partial charge on any atom is 0.251 e. The lowest BCUT2D eigenvalue weighted by Gasteiger charge is -2.37. The summed E-state index contributed by atoms with van der Waals surface area (Å²) in [5.41, 5.74) is 2.07. The maximum absolute atomic E-state index is 13.0. The Balaban J connectivity index is 1.40. The molecular weight excluding hydrogens is 338 g/mol. The van der Waals surface area contributed by atoms with E-state index in [-0.39, 0.29) is 11.4 Å². The Morgan fingerprint density at radius 3 is 2.56 bits per heavy atom. The quantitative estimate of drug-likeness (QED) is 0.835. The molecule has 5 heteroatoms. The van der Waals surface area contributed by atoms with Crippen LogP contribution in [-0.2, 0) is 4.74 Å². The summed E-state index contributed by atoms with van der Waals surface area (Å²) in [7, 11) is 0. The van der Waals surface area contributed by atoms with Crippen molar-refractivity contribution in [3.63, 3.8) is 0 Å². The van der Waals surface area contributed by atoms with E-state index >= 15 is 0 Å². The molecule has 2 N–H and O–H groups in total.